The Hall–Kier alpha value is -0.510. The van der Waals surface area contributed by atoms with E-state index in [0.29, 0.717) is 0 Å². The third-order valence-corrected chi connectivity index (χ3v) is 0.731. The summed E-state index contributed by atoms with van der Waals surface area (Å²) in [5.74, 6) is -1.39. The van der Waals surface area contributed by atoms with Crippen molar-refractivity contribution in [2.45, 2.75) is 6.42 Å². The predicted molar refractivity (Wildman–Crippen MR) is 26.8 cm³/mol. The zero-order valence-corrected chi connectivity index (χ0v) is 4.96. The fourth-order valence-electron chi connectivity index (χ4n) is 0.286. The molecule has 0 aliphatic heterocycles. The first-order valence-corrected chi connectivity index (χ1v) is 2.37. The standard InChI is InChI=1S/C5H7F3O/c1-9-3-2-4(6)5(7)8/h2-3H2,1H3. The van der Waals surface area contributed by atoms with Gasteiger partial charge in [-0.15, -0.1) is 0 Å². The highest BCUT2D eigenvalue weighted by atomic mass is 19.3. The zero-order valence-electron chi connectivity index (χ0n) is 4.96. The predicted octanol–water partition coefficient (Wildman–Crippen LogP) is 2.10. The molecule has 0 aromatic carbocycles. The Bertz CT molecular complexity index is 107. The summed E-state index contributed by atoms with van der Waals surface area (Å²) in [7, 11) is 1.32. The SMILES string of the molecule is COCCC(F)=C(F)F. The van der Waals surface area contributed by atoms with E-state index in [1.165, 1.54) is 7.11 Å². The van der Waals surface area contributed by atoms with E-state index in [9.17, 15) is 13.2 Å². The highest BCUT2D eigenvalue weighted by molar-refractivity contribution is 4.90. The average Bonchev–Trinajstić information content (AvgIpc) is 1.82. The number of rotatable bonds is 3. The molecular formula is C5H7F3O. The smallest absolute Gasteiger partial charge is 0.301 e. The van der Waals surface area contributed by atoms with Crippen molar-refractivity contribution in [1.29, 1.82) is 0 Å². The molecule has 0 atom stereocenters. The van der Waals surface area contributed by atoms with Crippen molar-refractivity contribution in [2.24, 2.45) is 0 Å². The highest BCUT2D eigenvalue weighted by Crippen LogP contribution is 2.12. The number of hydrogen-bond donors (Lipinski definition) is 0. The number of methoxy groups -OCH3 is 1. The van der Waals surface area contributed by atoms with Gasteiger partial charge in [-0.05, 0) is 0 Å². The molecule has 0 rings (SSSR count). The number of ether oxygens (including phenoxy) is 1. The van der Waals surface area contributed by atoms with Gasteiger partial charge >= 0.3 is 6.08 Å². The quantitative estimate of drug-likeness (QED) is 0.583. The molecule has 0 aliphatic carbocycles. The Morgan fingerprint density at radius 3 is 2.22 bits per heavy atom. The van der Waals surface area contributed by atoms with E-state index in [4.69, 9.17) is 0 Å². The van der Waals surface area contributed by atoms with Gasteiger partial charge in [0.15, 0.2) is 5.83 Å². The van der Waals surface area contributed by atoms with Crippen LogP contribution < -0.4 is 0 Å². The molecule has 4 heteroatoms. The van der Waals surface area contributed by atoms with Crippen LogP contribution in [0.4, 0.5) is 13.2 Å². The minimum Gasteiger partial charge on any atom is -0.384 e. The van der Waals surface area contributed by atoms with Crippen molar-refractivity contribution in [3.63, 3.8) is 0 Å². The second-order valence-electron chi connectivity index (χ2n) is 1.41. The molecule has 0 amide bonds. The molecule has 0 heterocycles. The van der Waals surface area contributed by atoms with Crippen molar-refractivity contribution in [3.8, 4) is 0 Å². The molecule has 0 aromatic heterocycles. The fraction of sp³-hybridized carbons (Fsp3) is 0.600. The van der Waals surface area contributed by atoms with Gasteiger partial charge in [0.05, 0.1) is 6.61 Å². The summed E-state index contributed by atoms with van der Waals surface area (Å²) in [5, 5.41) is 0. The Kier molecular flexibility index (Phi) is 4.13. The Morgan fingerprint density at radius 2 is 1.89 bits per heavy atom. The lowest BCUT2D eigenvalue weighted by Crippen LogP contribution is -1.88. The average molecular weight is 140 g/mol. The monoisotopic (exact) mass is 140 g/mol. The van der Waals surface area contributed by atoms with E-state index < -0.39 is 11.9 Å². The third kappa shape index (κ3) is 4.02. The molecule has 0 saturated heterocycles. The molecule has 9 heavy (non-hydrogen) atoms. The molecule has 0 unspecified atom stereocenters. The van der Waals surface area contributed by atoms with Gasteiger partial charge in [-0.2, -0.15) is 8.78 Å². The molecule has 0 N–H and O–H groups in total. The van der Waals surface area contributed by atoms with Crippen LogP contribution in [-0.4, -0.2) is 13.7 Å². The van der Waals surface area contributed by atoms with Crippen molar-refractivity contribution in [2.75, 3.05) is 13.7 Å². The fourth-order valence-corrected chi connectivity index (χ4v) is 0.286. The molecule has 0 aliphatic rings. The first-order valence-electron chi connectivity index (χ1n) is 2.37. The number of halogens is 3. The van der Waals surface area contributed by atoms with Gasteiger partial charge in [0, 0.05) is 13.5 Å². The van der Waals surface area contributed by atoms with Gasteiger partial charge < -0.3 is 4.74 Å². The van der Waals surface area contributed by atoms with Gasteiger partial charge in [0.1, 0.15) is 0 Å². The van der Waals surface area contributed by atoms with Crippen LogP contribution in [0.3, 0.4) is 0 Å². The first-order chi connectivity index (χ1) is 4.18. The van der Waals surface area contributed by atoms with Gasteiger partial charge in [-0.3, -0.25) is 0 Å². The maximum atomic E-state index is 11.8. The van der Waals surface area contributed by atoms with E-state index in [0.717, 1.165) is 0 Å². The molecule has 0 bridgehead atoms. The van der Waals surface area contributed by atoms with Gasteiger partial charge in [0.2, 0.25) is 0 Å². The van der Waals surface area contributed by atoms with Crippen LogP contribution >= 0.6 is 0 Å². The Balaban J connectivity index is 3.50. The van der Waals surface area contributed by atoms with Crippen molar-refractivity contribution in [1.82, 2.24) is 0 Å². The maximum absolute atomic E-state index is 11.8. The minimum atomic E-state index is -2.26. The Morgan fingerprint density at radius 1 is 1.33 bits per heavy atom. The van der Waals surface area contributed by atoms with Crippen molar-refractivity contribution < 1.29 is 17.9 Å². The van der Waals surface area contributed by atoms with Gasteiger partial charge in [-0.25, -0.2) is 4.39 Å². The van der Waals surface area contributed by atoms with Crippen LogP contribution in [0.2, 0.25) is 0 Å². The molecule has 1 nitrogen and oxygen atoms in total. The molecule has 0 spiro atoms. The van der Waals surface area contributed by atoms with Crippen LogP contribution in [0, 0.1) is 0 Å². The second-order valence-corrected chi connectivity index (χ2v) is 1.41. The zero-order chi connectivity index (χ0) is 7.28. The topological polar surface area (TPSA) is 9.23 Å². The summed E-state index contributed by atoms with van der Waals surface area (Å²) in [6, 6.07) is 0. The van der Waals surface area contributed by atoms with Gasteiger partial charge in [0.25, 0.3) is 0 Å². The minimum absolute atomic E-state index is 0.0107. The van der Waals surface area contributed by atoms with Crippen LogP contribution in [-0.2, 0) is 4.74 Å². The van der Waals surface area contributed by atoms with Crippen LogP contribution in [0.1, 0.15) is 6.42 Å². The summed E-state index contributed by atoms with van der Waals surface area (Å²) in [4.78, 5) is 0. The highest BCUT2D eigenvalue weighted by Gasteiger charge is 2.02. The van der Waals surface area contributed by atoms with Crippen LogP contribution in [0.5, 0.6) is 0 Å². The summed E-state index contributed by atoms with van der Waals surface area (Å²) in [6.07, 6.45) is -2.61. The van der Waals surface area contributed by atoms with E-state index in [1.54, 1.807) is 0 Å². The molecule has 0 fully saturated rings. The summed E-state index contributed by atoms with van der Waals surface area (Å²) < 4.78 is 38.5. The largest absolute Gasteiger partial charge is 0.384 e. The summed E-state index contributed by atoms with van der Waals surface area (Å²) in [5.41, 5.74) is 0. The van der Waals surface area contributed by atoms with Crippen molar-refractivity contribution >= 4 is 0 Å². The van der Waals surface area contributed by atoms with E-state index in [2.05, 4.69) is 4.74 Å². The number of hydrogen-bond acceptors (Lipinski definition) is 1. The molecule has 0 radical (unpaired) electrons. The lowest BCUT2D eigenvalue weighted by Gasteiger charge is -1.92. The molecule has 54 valence electrons. The third-order valence-electron chi connectivity index (χ3n) is 0.731. The van der Waals surface area contributed by atoms with Crippen LogP contribution in [0.25, 0.3) is 0 Å². The molecule has 0 saturated carbocycles. The lowest BCUT2D eigenvalue weighted by atomic mass is 10.4. The Labute approximate surface area is 51.1 Å². The van der Waals surface area contributed by atoms with Gasteiger partial charge in [-0.1, -0.05) is 0 Å². The van der Waals surface area contributed by atoms with E-state index >= 15 is 0 Å². The first kappa shape index (κ1) is 8.49. The second kappa shape index (κ2) is 4.38. The molecular weight excluding hydrogens is 133 g/mol. The summed E-state index contributed by atoms with van der Waals surface area (Å²) >= 11 is 0. The summed E-state index contributed by atoms with van der Waals surface area (Å²) in [6.45, 7) is -0.0107. The van der Waals surface area contributed by atoms with E-state index in [1.807, 2.05) is 0 Å². The normalized spacial score (nSPS) is 9.33. The van der Waals surface area contributed by atoms with E-state index in [-0.39, 0.29) is 13.0 Å². The van der Waals surface area contributed by atoms with Crippen molar-refractivity contribution in [3.05, 3.63) is 11.9 Å². The maximum Gasteiger partial charge on any atom is 0.301 e. The van der Waals surface area contributed by atoms with Crippen LogP contribution in [0.15, 0.2) is 11.9 Å². The molecule has 0 aromatic rings. The lowest BCUT2D eigenvalue weighted by molar-refractivity contribution is 0.193.